The van der Waals surface area contributed by atoms with Crippen molar-refractivity contribution in [3.8, 4) is 0 Å². The average Bonchev–Trinajstić information content (AvgIpc) is 2.69. The van der Waals surface area contributed by atoms with Crippen molar-refractivity contribution in [2.24, 2.45) is 4.99 Å². The SMILES string of the molecule is CN=C(NCc1ccc(S(=O)(=O)N(C)C)cc1)N(C)Cc1ccc(SC)cc1. The van der Waals surface area contributed by atoms with E-state index < -0.39 is 10.0 Å². The first-order chi connectivity index (χ1) is 13.3. The molecule has 0 unspecified atom stereocenters. The summed E-state index contributed by atoms with van der Waals surface area (Å²) in [6.45, 7) is 1.30. The molecular formula is C20H28N4O2S2. The number of sulfonamides is 1. The van der Waals surface area contributed by atoms with Gasteiger partial charge in [-0.3, -0.25) is 4.99 Å². The third-order valence-electron chi connectivity index (χ3n) is 4.30. The number of benzene rings is 2. The zero-order valence-corrected chi connectivity index (χ0v) is 18.6. The fourth-order valence-electron chi connectivity index (χ4n) is 2.64. The molecule has 0 radical (unpaired) electrons. The van der Waals surface area contributed by atoms with E-state index in [2.05, 4.69) is 45.7 Å². The molecule has 0 aliphatic heterocycles. The molecule has 0 atom stereocenters. The smallest absolute Gasteiger partial charge is 0.242 e. The second-order valence-corrected chi connectivity index (χ2v) is 9.57. The van der Waals surface area contributed by atoms with Crippen LogP contribution in [0.25, 0.3) is 0 Å². The number of nitrogens with zero attached hydrogens (tertiary/aromatic N) is 3. The maximum Gasteiger partial charge on any atom is 0.242 e. The molecule has 28 heavy (non-hydrogen) atoms. The number of thioether (sulfide) groups is 1. The van der Waals surface area contributed by atoms with Gasteiger partial charge < -0.3 is 10.2 Å². The third-order valence-corrected chi connectivity index (χ3v) is 6.88. The molecule has 0 spiro atoms. The molecule has 6 nitrogen and oxygen atoms in total. The molecule has 0 saturated carbocycles. The van der Waals surface area contributed by atoms with E-state index in [1.807, 2.05) is 19.2 Å². The molecule has 0 aliphatic carbocycles. The van der Waals surface area contributed by atoms with Crippen molar-refractivity contribution in [3.63, 3.8) is 0 Å². The molecular weight excluding hydrogens is 392 g/mol. The summed E-state index contributed by atoms with van der Waals surface area (Å²) in [6, 6.07) is 15.4. The zero-order chi connectivity index (χ0) is 20.7. The molecule has 0 aliphatic rings. The van der Waals surface area contributed by atoms with E-state index >= 15 is 0 Å². The Morgan fingerprint density at radius 3 is 2.07 bits per heavy atom. The number of hydrogen-bond donors (Lipinski definition) is 1. The van der Waals surface area contributed by atoms with Crippen molar-refractivity contribution >= 4 is 27.7 Å². The Balaban J connectivity index is 1.97. The van der Waals surface area contributed by atoms with Crippen LogP contribution in [0.2, 0.25) is 0 Å². The summed E-state index contributed by atoms with van der Waals surface area (Å²) in [5.74, 6) is 0.777. The number of hydrogen-bond acceptors (Lipinski definition) is 4. The average molecular weight is 421 g/mol. The molecule has 2 rings (SSSR count). The van der Waals surface area contributed by atoms with Crippen molar-refractivity contribution in [2.75, 3.05) is 34.4 Å². The summed E-state index contributed by atoms with van der Waals surface area (Å²) in [5.41, 5.74) is 2.19. The summed E-state index contributed by atoms with van der Waals surface area (Å²) >= 11 is 1.73. The van der Waals surface area contributed by atoms with Gasteiger partial charge in [0.25, 0.3) is 0 Å². The summed E-state index contributed by atoms with van der Waals surface area (Å²) < 4.78 is 25.5. The van der Waals surface area contributed by atoms with Crippen molar-refractivity contribution < 1.29 is 8.42 Å². The van der Waals surface area contributed by atoms with E-state index in [1.54, 1.807) is 30.9 Å². The van der Waals surface area contributed by atoms with Gasteiger partial charge >= 0.3 is 0 Å². The summed E-state index contributed by atoms with van der Waals surface area (Å²) in [7, 11) is 3.39. The van der Waals surface area contributed by atoms with Crippen molar-refractivity contribution in [1.29, 1.82) is 0 Å². The number of rotatable bonds is 7. The van der Waals surface area contributed by atoms with Gasteiger partial charge in [-0.25, -0.2) is 12.7 Å². The lowest BCUT2D eigenvalue weighted by molar-refractivity contribution is 0.476. The zero-order valence-electron chi connectivity index (χ0n) is 17.0. The second kappa shape index (κ2) is 9.95. The van der Waals surface area contributed by atoms with E-state index in [-0.39, 0.29) is 4.90 Å². The van der Waals surface area contributed by atoms with Crippen LogP contribution in [0.3, 0.4) is 0 Å². The lowest BCUT2D eigenvalue weighted by Gasteiger charge is -2.22. The fourth-order valence-corrected chi connectivity index (χ4v) is 3.95. The first-order valence-corrected chi connectivity index (χ1v) is 11.5. The van der Waals surface area contributed by atoms with Gasteiger partial charge in [-0.1, -0.05) is 24.3 Å². The van der Waals surface area contributed by atoms with Crippen LogP contribution in [0.4, 0.5) is 0 Å². The minimum Gasteiger partial charge on any atom is -0.352 e. The largest absolute Gasteiger partial charge is 0.352 e. The molecule has 0 fully saturated rings. The van der Waals surface area contributed by atoms with Crippen molar-refractivity contribution in [2.45, 2.75) is 22.9 Å². The normalized spacial score (nSPS) is 12.3. The van der Waals surface area contributed by atoms with Gasteiger partial charge in [0.1, 0.15) is 0 Å². The molecule has 0 bridgehead atoms. The van der Waals surface area contributed by atoms with Crippen molar-refractivity contribution in [3.05, 3.63) is 59.7 Å². The fraction of sp³-hybridized carbons (Fsp3) is 0.350. The highest BCUT2D eigenvalue weighted by Crippen LogP contribution is 2.16. The first-order valence-electron chi connectivity index (χ1n) is 8.84. The van der Waals surface area contributed by atoms with E-state index in [9.17, 15) is 8.42 Å². The van der Waals surface area contributed by atoms with Crippen molar-refractivity contribution in [1.82, 2.24) is 14.5 Å². The Kier molecular flexibility index (Phi) is 7.91. The van der Waals surface area contributed by atoms with Crippen LogP contribution in [0, 0.1) is 0 Å². The number of guanidine groups is 1. The van der Waals surface area contributed by atoms with Crippen LogP contribution in [0.5, 0.6) is 0 Å². The van der Waals surface area contributed by atoms with Crippen LogP contribution >= 0.6 is 11.8 Å². The van der Waals surface area contributed by atoms with Gasteiger partial charge in [0.15, 0.2) is 5.96 Å². The predicted molar refractivity (Wildman–Crippen MR) is 117 cm³/mol. The molecule has 8 heteroatoms. The molecule has 0 amide bonds. The Hall–Kier alpha value is -2.03. The summed E-state index contributed by atoms with van der Waals surface area (Å²) in [4.78, 5) is 7.92. The van der Waals surface area contributed by atoms with E-state index in [0.29, 0.717) is 6.54 Å². The van der Waals surface area contributed by atoms with Gasteiger partial charge in [-0.05, 0) is 41.6 Å². The summed E-state index contributed by atoms with van der Waals surface area (Å²) in [6.07, 6.45) is 2.06. The third kappa shape index (κ3) is 5.73. The number of aliphatic imine (C=N–C) groups is 1. The topological polar surface area (TPSA) is 65.0 Å². The van der Waals surface area contributed by atoms with Crippen LogP contribution < -0.4 is 5.32 Å². The van der Waals surface area contributed by atoms with Gasteiger partial charge in [0.2, 0.25) is 10.0 Å². The first kappa shape index (κ1) is 22.3. The van der Waals surface area contributed by atoms with Gasteiger partial charge in [0.05, 0.1) is 4.90 Å². The van der Waals surface area contributed by atoms with Crippen LogP contribution in [-0.2, 0) is 23.1 Å². The molecule has 0 aromatic heterocycles. The minimum absolute atomic E-state index is 0.288. The quantitative estimate of drug-likeness (QED) is 0.424. The van der Waals surface area contributed by atoms with E-state index in [4.69, 9.17) is 0 Å². The maximum absolute atomic E-state index is 12.1. The molecule has 0 heterocycles. The van der Waals surface area contributed by atoms with Gasteiger partial charge in [-0.15, -0.1) is 11.8 Å². The molecule has 0 saturated heterocycles. The molecule has 2 aromatic carbocycles. The monoisotopic (exact) mass is 420 g/mol. The molecule has 152 valence electrons. The Morgan fingerprint density at radius 1 is 1.00 bits per heavy atom. The van der Waals surface area contributed by atoms with Crippen LogP contribution in [-0.4, -0.2) is 58.0 Å². The van der Waals surface area contributed by atoms with Crippen LogP contribution in [0.15, 0.2) is 63.3 Å². The number of nitrogens with one attached hydrogen (secondary N) is 1. The molecule has 1 N–H and O–H groups in total. The second-order valence-electron chi connectivity index (χ2n) is 6.54. The lowest BCUT2D eigenvalue weighted by Crippen LogP contribution is -2.38. The Morgan fingerprint density at radius 2 is 1.57 bits per heavy atom. The molecule has 2 aromatic rings. The minimum atomic E-state index is -3.40. The van der Waals surface area contributed by atoms with Gasteiger partial charge in [-0.2, -0.15) is 0 Å². The van der Waals surface area contributed by atoms with Gasteiger partial charge in [0, 0.05) is 46.2 Å². The predicted octanol–water partition coefficient (Wildman–Crippen LogP) is 2.87. The van der Waals surface area contributed by atoms with Crippen LogP contribution in [0.1, 0.15) is 11.1 Å². The highest BCUT2D eigenvalue weighted by molar-refractivity contribution is 7.98. The highest BCUT2D eigenvalue weighted by Gasteiger charge is 2.16. The lowest BCUT2D eigenvalue weighted by atomic mass is 10.2. The van der Waals surface area contributed by atoms with E-state index in [1.165, 1.54) is 28.9 Å². The van der Waals surface area contributed by atoms with E-state index in [0.717, 1.165) is 18.1 Å². The summed E-state index contributed by atoms with van der Waals surface area (Å²) in [5, 5.41) is 3.32. The highest BCUT2D eigenvalue weighted by atomic mass is 32.2. The Labute approximate surface area is 172 Å². The maximum atomic E-state index is 12.1. The standard InChI is InChI=1S/C20H28N4O2S2/c1-21-20(24(4)15-17-6-10-18(27-5)11-7-17)22-14-16-8-12-19(13-9-16)28(25,26)23(2)3/h6-13H,14-15H2,1-5H3,(H,21,22). The Bertz CT molecular complexity index is 893.